The van der Waals surface area contributed by atoms with Crippen molar-refractivity contribution in [2.45, 2.75) is 62.2 Å². The molecule has 29 heavy (non-hydrogen) atoms. The highest BCUT2D eigenvalue weighted by Crippen LogP contribution is 2.49. The highest BCUT2D eigenvalue weighted by Gasteiger charge is 2.42. The maximum Gasteiger partial charge on any atom is 0.238 e. The predicted molar refractivity (Wildman–Crippen MR) is 114 cm³/mol. The van der Waals surface area contributed by atoms with Gasteiger partial charge >= 0.3 is 0 Å². The Morgan fingerprint density at radius 3 is 2.79 bits per heavy atom. The van der Waals surface area contributed by atoms with Crippen LogP contribution < -0.4 is 10.5 Å². The van der Waals surface area contributed by atoms with E-state index in [0.29, 0.717) is 23.1 Å². The van der Waals surface area contributed by atoms with Gasteiger partial charge in [-0.15, -0.1) is 0 Å². The minimum absolute atomic E-state index is 0.0187. The van der Waals surface area contributed by atoms with Crippen molar-refractivity contribution in [3.05, 3.63) is 18.2 Å². The van der Waals surface area contributed by atoms with E-state index >= 15 is 0 Å². The standard InChI is InChI=1S/C20H28N4O3S2/c1-3-24-18-7-6-15(29(21,26)27)10-17(18)23-20(24)28-11-19(25)22-12(2)16-9-13-4-5-14(16)8-13/h6-7,10,12-14,16H,3-5,8-9,11H2,1-2H3,(H,22,25)(H2,21,26,27)/t12-,13-,14-,16-/m1/s1. The Morgan fingerprint density at radius 1 is 1.38 bits per heavy atom. The molecule has 0 unspecified atom stereocenters. The lowest BCUT2D eigenvalue weighted by atomic mass is 9.84. The summed E-state index contributed by atoms with van der Waals surface area (Å²) in [6.45, 7) is 4.80. The largest absolute Gasteiger partial charge is 0.353 e. The number of nitrogens with zero attached hydrogens (tertiary/aromatic N) is 2. The number of carbonyl (C=O) groups excluding carboxylic acids is 1. The van der Waals surface area contributed by atoms with Crippen LogP contribution in [0.25, 0.3) is 11.0 Å². The predicted octanol–water partition coefficient (Wildman–Crippen LogP) is 2.74. The number of nitrogens with two attached hydrogens (primary N) is 1. The van der Waals surface area contributed by atoms with E-state index in [-0.39, 0.29) is 22.6 Å². The fraction of sp³-hybridized carbons (Fsp3) is 0.600. The summed E-state index contributed by atoms with van der Waals surface area (Å²) in [5, 5.41) is 9.11. The Balaban J connectivity index is 1.42. The van der Waals surface area contributed by atoms with Crippen molar-refractivity contribution in [2.75, 3.05) is 5.75 Å². The molecule has 2 fully saturated rings. The van der Waals surface area contributed by atoms with E-state index in [1.807, 2.05) is 11.5 Å². The second-order valence-electron chi connectivity index (χ2n) is 8.32. The fourth-order valence-corrected chi connectivity index (χ4v) is 6.54. The summed E-state index contributed by atoms with van der Waals surface area (Å²) in [5.74, 6) is 2.56. The molecule has 0 aliphatic heterocycles. The molecule has 1 heterocycles. The van der Waals surface area contributed by atoms with Crippen LogP contribution in [0.5, 0.6) is 0 Å². The second-order valence-corrected chi connectivity index (χ2v) is 10.8. The molecule has 4 rings (SSSR count). The number of benzene rings is 1. The molecule has 9 heteroatoms. The van der Waals surface area contributed by atoms with E-state index in [2.05, 4.69) is 17.2 Å². The Hall–Kier alpha value is -1.58. The van der Waals surface area contributed by atoms with Gasteiger partial charge in [-0.1, -0.05) is 18.2 Å². The zero-order valence-corrected chi connectivity index (χ0v) is 18.4. The molecule has 0 spiro atoms. The van der Waals surface area contributed by atoms with Crippen LogP contribution in [-0.4, -0.2) is 35.7 Å². The van der Waals surface area contributed by atoms with Crippen LogP contribution >= 0.6 is 11.8 Å². The van der Waals surface area contributed by atoms with Gasteiger partial charge in [0.1, 0.15) is 0 Å². The number of imidazole rings is 1. The van der Waals surface area contributed by atoms with Crippen molar-refractivity contribution in [3.63, 3.8) is 0 Å². The van der Waals surface area contributed by atoms with Gasteiger partial charge in [-0.3, -0.25) is 4.79 Å². The summed E-state index contributed by atoms with van der Waals surface area (Å²) < 4.78 is 25.2. The molecule has 2 bridgehead atoms. The number of hydrogen-bond acceptors (Lipinski definition) is 5. The van der Waals surface area contributed by atoms with Gasteiger partial charge in [0, 0.05) is 12.6 Å². The molecular formula is C20H28N4O3S2. The van der Waals surface area contributed by atoms with Crippen molar-refractivity contribution in [1.82, 2.24) is 14.9 Å². The number of sulfonamides is 1. The van der Waals surface area contributed by atoms with E-state index in [1.54, 1.807) is 6.07 Å². The quantitative estimate of drug-likeness (QED) is 0.649. The molecule has 0 saturated heterocycles. The van der Waals surface area contributed by atoms with Gasteiger partial charge in [0.2, 0.25) is 15.9 Å². The van der Waals surface area contributed by atoms with Crippen LogP contribution in [0.2, 0.25) is 0 Å². The molecule has 2 aliphatic rings. The monoisotopic (exact) mass is 436 g/mol. The molecule has 1 amide bonds. The maximum absolute atomic E-state index is 12.5. The Labute approximate surface area is 175 Å². The summed E-state index contributed by atoms with van der Waals surface area (Å²) in [5.41, 5.74) is 1.40. The average molecular weight is 437 g/mol. The minimum atomic E-state index is -3.78. The van der Waals surface area contributed by atoms with Crippen LogP contribution in [0.15, 0.2) is 28.3 Å². The Kier molecular flexibility index (Phi) is 5.65. The van der Waals surface area contributed by atoms with Crippen LogP contribution in [0, 0.1) is 17.8 Å². The van der Waals surface area contributed by atoms with Gasteiger partial charge in [0.25, 0.3) is 0 Å². The molecule has 158 valence electrons. The Bertz CT molecular complexity index is 1030. The number of rotatable bonds is 7. The molecule has 3 N–H and O–H groups in total. The van der Waals surface area contributed by atoms with Gasteiger partial charge in [-0.05, 0) is 69.1 Å². The molecule has 7 nitrogen and oxygen atoms in total. The van der Waals surface area contributed by atoms with E-state index in [9.17, 15) is 13.2 Å². The number of hydrogen-bond donors (Lipinski definition) is 2. The lowest BCUT2D eigenvalue weighted by Crippen LogP contribution is -2.40. The van der Waals surface area contributed by atoms with Gasteiger partial charge < -0.3 is 9.88 Å². The minimum Gasteiger partial charge on any atom is -0.353 e. The normalized spacial score (nSPS) is 24.9. The van der Waals surface area contributed by atoms with Crippen LogP contribution in [0.4, 0.5) is 0 Å². The average Bonchev–Trinajstić information content (AvgIpc) is 3.38. The number of thioether (sulfide) groups is 1. The first-order chi connectivity index (χ1) is 13.8. The van der Waals surface area contributed by atoms with Gasteiger partial charge in [0.15, 0.2) is 5.16 Å². The zero-order chi connectivity index (χ0) is 20.8. The number of nitrogens with one attached hydrogen (secondary N) is 1. The lowest BCUT2D eigenvalue weighted by Gasteiger charge is -2.28. The summed E-state index contributed by atoms with van der Waals surface area (Å²) in [6, 6.07) is 4.90. The summed E-state index contributed by atoms with van der Waals surface area (Å²) in [7, 11) is -3.78. The van der Waals surface area contributed by atoms with E-state index in [0.717, 1.165) is 17.4 Å². The number of primary sulfonamides is 1. The molecule has 1 aromatic heterocycles. The van der Waals surface area contributed by atoms with E-state index in [4.69, 9.17) is 5.14 Å². The topological polar surface area (TPSA) is 107 Å². The van der Waals surface area contributed by atoms with E-state index in [1.165, 1.54) is 49.6 Å². The van der Waals surface area contributed by atoms with Crippen LogP contribution in [-0.2, 0) is 21.4 Å². The summed E-state index contributed by atoms with van der Waals surface area (Å²) in [6.07, 6.45) is 5.25. The van der Waals surface area contributed by atoms with E-state index < -0.39 is 10.0 Å². The first-order valence-corrected chi connectivity index (χ1v) is 12.7. The van der Waals surface area contributed by atoms with Crippen molar-refractivity contribution in [2.24, 2.45) is 22.9 Å². The van der Waals surface area contributed by atoms with Crippen molar-refractivity contribution < 1.29 is 13.2 Å². The van der Waals surface area contributed by atoms with Gasteiger partial charge in [0.05, 0.1) is 21.7 Å². The van der Waals surface area contributed by atoms with Crippen molar-refractivity contribution in [3.8, 4) is 0 Å². The highest BCUT2D eigenvalue weighted by molar-refractivity contribution is 7.99. The second kappa shape index (κ2) is 7.92. The number of carbonyl (C=O) groups is 1. The number of fused-ring (bicyclic) bond motifs is 3. The maximum atomic E-state index is 12.5. The van der Waals surface area contributed by atoms with Crippen molar-refractivity contribution >= 4 is 38.7 Å². The van der Waals surface area contributed by atoms with Crippen LogP contribution in [0.1, 0.15) is 39.5 Å². The number of aryl methyl sites for hydroxylation is 1. The molecule has 1 aromatic carbocycles. The third-order valence-electron chi connectivity index (χ3n) is 6.49. The molecule has 2 saturated carbocycles. The first-order valence-electron chi connectivity index (χ1n) is 10.2. The molecule has 0 radical (unpaired) electrons. The molecule has 2 aromatic rings. The third-order valence-corrected chi connectivity index (χ3v) is 8.37. The lowest BCUT2D eigenvalue weighted by molar-refractivity contribution is -0.119. The van der Waals surface area contributed by atoms with Crippen molar-refractivity contribution in [1.29, 1.82) is 0 Å². The first kappa shape index (κ1) is 20.7. The summed E-state index contributed by atoms with van der Waals surface area (Å²) in [4.78, 5) is 17.1. The Morgan fingerprint density at radius 2 is 2.17 bits per heavy atom. The molecule has 2 aliphatic carbocycles. The van der Waals surface area contributed by atoms with Crippen LogP contribution in [0.3, 0.4) is 0 Å². The summed E-state index contributed by atoms with van der Waals surface area (Å²) >= 11 is 1.38. The molecular weight excluding hydrogens is 408 g/mol. The van der Waals surface area contributed by atoms with Gasteiger partial charge in [-0.25, -0.2) is 18.5 Å². The SMILES string of the molecule is CCn1c(SCC(=O)N[C@H](C)[C@H]2C[C@@H]3CC[C@@H]2C3)nc2cc(S(N)(=O)=O)ccc21. The smallest absolute Gasteiger partial charge is 0.238 e. The fourth-order valence-electron chi connectivity index (χ4n) is 5.12. The highest BCUT2D eigenvalue weighted by atomic mass is 32.2. The third kappa shape index (κ3) is 4.18. The number of aromatic nitrogens is 2. The zero-order valence-electron chi connectivity index (χ0n) is 16.8. The number of amides is 1. The molecule has 4 atom stereocenters. The van der Waals surface area contributed by atoms with Gasteiger partial charge in [-0.2, -0.15) is 0 Å².